The number of ether oxygens (including phenoxy) is 1. The normalized spacial score (nSPS) is 10.5. The van der Waals surface area contributed by atoms with Crippen LogP contribution in [0.4, 0.5) is 5.82 Å². The number of pyridine rings is 1. The molecular formula is C18H20N4O. The Morgan fingerprint density at radius 2 is 1.91 bits per heavy atom. The largest absolute Gasteiger partial charge is 0.492 e. The molecule has 3 rings (SSSR count). The lowest BCUT2D eigenvalue weighted by molar-refractivity contribution is 0.298. The fourth-order valence-corrected chi connectivity index (χ4v) is 2.40. The van der Waals surface area contributed by atoms with Crippen LogP contribution < -0.4 is 9.64 Å². The van der Waals surface area contributed by atoms with Crippen LogP contribution in [-0.4, -0.2) is 35.2 Å². The summed E-state index contributed by atoms with van der Waals surface area (Å²) in [5.74, 6) is 1.82. The molecule has 2 aromatic heterocycles. The summed E-state index contributed by atoms with van der Waals surface area (Å²) in [4.78, 5) is 10.5. The third kappa shape index (κ3) is 3.69. The van der Waals surface area contributed by atoms with Gasteiger partial charge in [-0.25, -0.2) is 9.97 Å². The van der Waals surface area contributed by atoms with Gasteiger partial charge in [0.2, 0.25) is 0 Å². The van der Waals surface area contributed by atoms with E-state index in [1.165, 1.54) is 0 Å². The fourth-order valence-electron chi connectivity index (χ4n) is 2.40. The highest BCUT2D eigenvalue weighted by Gasteiger charge is 2.07. The lowest BCUT2D eigenvalue weighted by Gasteiger charge is -2.16. The summed E-state index contributed by atoms with van der Waals surface area (Å²) < 4.78 is 7.77. The first kappa shape index (κ1) is 15.1. The predicted octanol–water partition coefficient (Wildman–Crippen LogP) is 3.09. The lowest BCUT2D eigenvalue weighted by atomic mass is 10.1. The van der Waals surface area contributed by atoms with Gasteiger partial charge >= 0.3 is 0 Å². The number of hydrogen-bond donors (Lipinski definition) is 0. The van der Waals surface area contributed by atoms with Gasteiger partial charge in [-0.2, -0.15) is 0 Å². The zero-order valence-corrected chi connectivity index (χ0v) is 13.4. The second kappa shape index (κ2) is 6.96. The van der Waals surface area contributed by atoms with Crippen molar-refractivity contribution in [3.8, 4) is 16.9 Å². The quantitative estimate of drug-likeness (QED) is 0.702. The van der Waals surface area contributed by atoms with E-state index in [2.05, 4.69) is 28.2 Å². The summed E-state index contributed by atoms with van der Waals surface area (Å²) in [6.45, 7) is 1.40. The molecule has 0 aliphatic heterocycles. The SMILES string of the molecule is CN(C)c1ncccc1-c1ccc(OCCn2ccnc2)cc1. The van der Waals surface area contributed by atoms with Crippen molar-refractivity contribution in [3.63, 3.8) is 0 Å². The number of hydrogen-bond acceptors (Lipinski definition) is 4. The highest BCUT2D eigenvalue weighted by Crippen LogP contribution is 2.28. The van der Waals surface area contributed by atoms with Crippen LogP contribution in [0.2, 0.25) is 0 Å². The molecule has 0 N–H and O–H groups in total. The van der Waals surface area contributed by atoms with Crippen LogP contribution in [0.5, 0.6) is 5.75 Å². The summed E-state index contributed by atoms with van der Waals surface area (Å²) in [6.07, 6.45) is 7.30. The standard InChI is InChI=1S/C18H20N4O/c1-21(2)18-17(4-3-9-20-18)15-5-7-16(8-6-15)23-13-12-22-11-10-19-14-22/h3-11,14H,12-13H2,1-2H3. The van der Waals surface area contributed by atoms with E-state index in [1.807, 2.05) is 54.2 Å². The minimum atomic E-state index is 0.617. The van der Waals surface area contributed by atoms with E-state index in [0.717, 1.165) is 29.2 Å². The zero-order valence-electron chi connectivity index (χ0n) is 13.4. The molecule has 0 saturated heterocycles. The molecule has 0 saturated carbocycles. The van der Waals surface area contributed by atoms with Crippen molar-refractivity contribution in [1.82, 2.24) is 14.5 Å². The first-order chi connectivity index (χ1) is 11.2. The van der Waals surface area contributed by atoms with Crippen molar-refractivity contribution in [2.75, 3.05) is 25.6 Å². The third-order valence-corrected chi connectivity index (χ3v) is 3.55. The summed E-state index contributed by atoms with van der Waals surface area (Å²) in [7, 11) is 4.00. The second-order valence-corrected chi connectivity index (χ2v) is 5.44. The topological polar surface area (TPSA) is 43.2 Å². The molecule has 5 heteroatoms. The van der Waals surface area contributed by atoms with Crippen molar-refractivity contribution in [3.05, 3.63) is 61.3 Å². The van der Waals surface area contributed by atoms with E-state index in [1.54, 1.807) is 12.5 Å². The molecule has 0 unspecified atom stereocenters. The maximum Gasteiger partial charge on any atom is 0.135 e. The Kier molecular flexibility index (Phi) is 4.57. The van der Waals surface area contributed by atoms with Crippen molar-refractivity contribution in [1.29, 1.82) is 0 Å². The number of aromatic nitrogens is 3. The van der Waals surface area contributed by atoms with Crippen molar-refractivity contribution < 1.29 is 4.74 Å². The van der Waals surface area contributed by atoms with Gasteiger partial charge in [0.05, 0.1) is 12.9 Å². The van der Waals surface area contributed by atoms with E-state index >= 15 is 0 Å². The Bertz CT molecular complexity index is 736. The van der Waals surface area contributed by atoms with Gasteiger partial charge in [0.15, 0.2) is 0 Å². The molecule has 2 heterocycles. The number of rotatable bonds is 6. The Labute approximate surface area is 136 Å². The minimum absolute atomic E-state index is 0.617. The monoisotopic (exact) mass is 308 g/mol. The van der Waals surface area contributed by atoms with E-state index in [4.69, 9.17) is 4.74 Å². The van der Waals surface area contributed by atoms with Crippen molar-refractivity contribution in [2.45, 2.75) is 6.54 Å². The molecule has 3 aromatic rings. The van der Waals surface area contributed by atoms with Crippen LogP contribution in [0.1, 0.15) is 0 Å². The Morgan fingerprint density at radius 3 is 2.61 bits per heavy atom. The fraction of sp³-hybridized carbons (Fsp3) is 0.222. The smallest absolute Gasteiger partial charge is 0.135 e. The molecule has 1 aromatic carbocycles. The highest BCUT2D eigenvalue weighted by atomic mass is 16.5. The summed E-state index contributed by atoms with van der Waals surface area (Å²) in [5.41, 5.74) is 2.24. The summed E-state index contributed by atoms with van der Waals surface area (Å²) in [5, 5.41) is 0. The Balaban J connectivity index is 1.67. The highest BCUT2D eigenvalue weighted by molar-refractivity contribution is 5.75. The molecule has 5 nitrogen and oxygen atoms in total. The van der Waals surface area contributed by atoms with E-state index in [-0.39, 0.29) is 0 Å². The van der Waals surface area contributed by atoms with Gasteiger partial charge in [0.1, 0.15) is 18.2 Å². The maximum absolute atomic E-state index is 5.77. The van der Waals surface area contributed by atoms with Gasteiger partial charge < -0.3 is 14.2 Å². The first-order valence-corrected chi connectivity index (χ1v) is 7.55. The molecule has 0 atom stereocenters. The van der Waals surface area contributed by atoms with E-state index < -0.39 is 0 Å². The number of anilines is 1. The third-order valence-electron chi connectivity index (χ3n) is 3.55. The van der Waals surface area contributed by atoms with Gasteiger partial charge in [-0.15, -0.1) is 0 Å². The molecule has 0 fully saturated rings. The number of benzene rings is 1. The Morgan fingerprint density at radius 1 is 1.09 bits per heavy atom. The van der Waals surface area contributed by atoms with Crippen LogP contribution in [0.25, 0.3) is 11.1 Å². The van der Waals surface area contributed by atoms with Gasteiger partial charge in [0.25, 0.3) is 0 Å². The summed E-state index contributed by atoms with van der Waals surface area (Å²) in [6, 6.07) is 12.2. The van der Waals surface area contributed by atoms with E-state index in [0.29, 0.717) is 6.61 Å². The number of nitrogens with zero attached hydrogens (tertiary/aromatic N) is 4. The van der Waals surface area contributed by atoms with Crippen LogP contribution in [0, 0.1) is 0 Å². The van der Waals surface area contributed by atoms with Gasteiger partial charge in [-0.05, 0) is 29.8 Å². The average molecular weight is 308 g/mol. The van der Waals surface area contributed by atoms with E-state index in [9.17, 15) is 0 Å². The van der Waals surface area contributed by atoms with Crippen molar-refractivity contribution in [2.24, 2.45) is 0 Å². The van der Waals surface area contributed by atoms with Crippen LogP contribution in [-0.2, 0) is 6.54 Å². The molecule has 23 heavy (non-hydrogen) atoms. The average Bonchev–Trinajstić information content (AvgIpc) is 3.09. The molecule has 118 valence electrons. The molecule has 0 spiro atoms. The Hall–Kier alpha value is -2.82. The van der Waals surface area contributed by atoms with Crippen LogP contribution in [0.15, 0.2) is 61.3 Å². The summed E-state index contributed by atoms with van der Waals surface area (Å²) >= 11 is 0. The van der Waals surface area contributed by atoms with Crippen LogP contribution in [0.3, 0.4) is 0 Å². The zero-order chi connectivity index (χ0) is 16.1. The number of imidazole rings is 1. The van der Waals surface area contributed by atoms with Crippen molar-refractivity contribution >= 4 is 5.82 Å². The lowest BCUT2D eigenvalue weighted by Crippen LogP contribution is -2.11. The van der Waals surface area contributed by atoms with Crippen LogP contribution >= 0.6 is 0 Å². The molecule has 0 amide bonds. The molecule has 0 radical (unpaired) electrons. The molecule has 0 bridgehead atoms. The van der Waals surface area contributed by atoms with Gasteiger partial charge in [-0.3, -0.25) is 0 Å². The molecule has 0 aliphatic rings. The molecular weight excluding hydrogens is 288 g/mol. The second-order valence-electron chi connectivity index (χ2n) is 5.44. The van der Waals surface area contributed by atoms with Gasteiger partial charge in [-0.1, -0.05) is 12.1 Å². The maximum atomic E-state index is 5.77. The minimum Gasteiger partial charge on any atom is -0.492 e. The van der Waals surface area contributed by atoms with Gasteiger partial charge in [0, 0.05) is 38.2 Å². The predicted molar refractivity (Wildman–Crippen MR) is 91.7 cm³/mol. The first-order valence-electron chi connectivity index (χ1n) is 7.55. The molecule has 0 aliphatic carbocycles.